The SMILES string of the molecule is CC1=Cc2cc(C(C)C)ccc2[CH]1. The first-order valence-electron chi connectivity index (χ1n) is 4.84. The van der Waals surface area contributed by atoms with E-state index in [1.807, 2.05) is 0 Å². The summed E-state index contributed by atoms with van der Waals surface area (Å²) >= 11 is 0. The van der Waals surface area contributed by atoms with Gasteiger partial charge in [-0.2, -0.15) is 0 Å². The van der Waals surface area contributed by atoms with Crippen LogP contribution in [0, 0.1) is 6.42 Å². The molecule has 0 unspecified atom stereocenters. The Labute approximate surface area is 80.3 Å². The Kier molecular flexibility index (Phi) is 1.99. The van der Waals surface area contributed by atoms with Crippen LogP contribution < -0.4 is 0 Å². The van der Waals surface area contributed by atoms with Gasteiger partial charge in [-0.25, -0.2) is 0 Å². The average molecular weight is 171 g/mol. The van der Waals surface area contributed by atoms with E-state index in [2.05, 4.69) is 51.5 Å². The van der Waals surface area contributed by atoms with E-state index in [-0.39, 0.29) is 0 Å². The predicted molar refractivity (Wildman–Crippen MR) is 57.6 cm³/mol. The van der Waals surface area contributed by atoms with Crippen molar-refractivity contribution in [1.29, 1.82) is 0 Å². The molecule has 0 saturated carbocycles. The van der Waals surface area contributed by atoms with Crippen molar-refractivity contribution in [2.24, 2.45) is 0 Å². The van der Waals surface area contributed by atoms with Crippen LogP contribution in [0.1, 0.15) is 43.4 Å². The summed E-state index contributed by atoms with van der Waals surface area (Å²) in [6, 6.07) is 6.75. The van der Waals surface area contributed by atoms with E-state index < -0.39 is 0 Å². The normalized spacial score (nSPS) is 14.6. The van der Waals surface area contributed by atoms with Gasteiger partial charge in [-0.05, 0) is 29.5 Å². The zero-order chi connectivity index (χ0) is 9.42. The van der Waals surface area contributed by atoms with Gasteiger partial charge in [0.05, 0.1) is 0 Å². The molecule has 0 nitrogen and oxygen atoms in total. The molecule has 13 heavy (non-hydrogen) atoms. The smallest absolute Gasteiger partial charge is 0.0161 e. The second-order valence-corrected chi connectivity index (χ2v) is 4.08. The molecule has 2 rings (SSSR count). The minimum Gasteiger partial charge on any atom is -0.0643 e. The number of benzene rings is 1. The molecule has 0 atom stereocenters. The highest BCUT2D eigenvalue weighted by molar-refractivity contribution is 5.69. The lowest BCUT2D eigenvalue weighted by Crippen LogP contribution is -1.89. The van der Waals surface area contributed by atoms with Crippen molar-refractivity contribution in [3.05, 3.63) is 46.9 Å². The van der Waals surface area contributed by atoms with Crippen LogP contribution in [0.2, 0.25) is 0 Å². The highest BCUT2D eigenvalue weighted by Gasteiger charge is 2.10. The van der Waals surface area contributed by atoms with Crippen LogP contribution in [0.15, 0.2) is 23.8 Å². The third-order valence-electron chi connectivity index (χ3n) is 2.54. The van der Waals surface area contributed by atoms with E-state index in [0.29, 0.717) is 5.92 Å². The van der Waals surface area contributed by atoms with Crippen molar-refractivity contribution in [3.8, 4) is 0 Å². The van der Waals surface area contributed by atoms with Crippen molar-refractivity contribution in [1.82, 2.24) is 0 Å². The van der Waals surface area contributed by atoms with Crippen molar-refractivity contribution in [2.75, 3.05) is 0 Å². The fraction of sp³-hybridized carbons (Fsp3) is 0.308. The Hall–Kier alpha value is -1.04. The van der Waals surface area contributed by atoms with Crippen molar-refractivity contribution < 1.29 is 0 Å². The highest BCUT2D eigenvalue weighted by atomic mass is 14.1. The number of hydrogen-bond acceptors (Lipinski definition) is 0. The first-order chi connectivity index (χ1) is 6.16. The van der Waals surface area contributed by atoms with Crippen LogP contribution in [0.3, 0.4) is 0 Å². The van der Waals surface area contributed by atoms with Gasteiger partial charge in [0.15, 0.2) is 0 Å². The van der Waals surface area contributed by atoms with Gasteiger partial charge >= 0.3 is 0 Å². The fourth-order valence-electron chi connectivity index (χ4n) is 1.74. The third kappa shape index (κ3) is 1.53. The van der Waals surface area contributed by atoms with Gasteiger partial charge in [0.2, 0.25) is 0 Å². The standard InChI is InChI=1S/C13H15/c1-9(2)11-4-5-12-6-10(3)7-13(12)8-11/h4-9H,1-3H3. The maximum atomic E-state index is 2.30. The zero-order valence-corrected chi connectivity index (χ0v) is 8.46. The summed E-state index contributed by atoms with van der Waals surface area (Å²) in [4.78, 5) is 0. The topological polar surface area (TPSA) is 0 Å². The average Bonchev–Trinajstić information content (AvgIpc) is 2.42. The van der Waals surface area contributed by atoms with Crippen LogP contribution in [-0.4, -0.2) is 0 Å². The van der Waals surface area contributed by atoms with Crippen LogP contribution >= 0.6 is 0 Å². The van der Waals surface area contributed by atoms with E-state index in [1.165, 1.54) is 22.3 Å². The number of allylic oxidation sites excluding steroid dienone is 1. The van der Waals surface area contributed by atoms with E-state index in [1.54, 1.807) is 0 Å². The molecule has 0 aliphatic heterocycles. The zero-order valence-electron chi connectivity index (χ0n) is 8.46. The Morgan fingerprint density at radius 3 is 2.54 bits per heavy atom. The highest BCUT2D eigenvalue weighted by Crippen LogP contribution is 2.29. The molecule has 1 radical (unpaired) electrons. The maximum Gasteiger partial charge on any atom is 0.0161 e. The lowest BCUT2D eigenvalue weighted by molar-refractivity contribution is 0.866. The lowest BCUT2D eigenvalue weighted by atomic mass is 9.98. The molecule has 0 aromatic heterocycles. The summed E-state index contributed by atoms with van der Waals surface area (Å²) in [5.41, 5.74) is 5.53. The summed E-state index contributed by atoms with van der Waals surface area (Å²) in [6.07, 6.45) is 4.49. The van der Waals surface area contributed by atoms with Crippen LogP contribution in [0.25, 0.3) is 6.08 Å². The monoisotopic (exact) mass is 171 g/mol. The molecule has 67 valence electrons. The van der Waals surface area contributed by atoms with Crippen LogP contribution in [-0.2, 0) is 0 Å². The second kappa shape index (κ2) is 3.02. The molecule has 0 heteroatoms. The fourth-order valence-corrected chi connectivity index (χ4v) is 1.74. The molecule has 0 spiro atoms. The minimum atomic E-state index is 0.625. The van der Waals surface area contributed by atoms with Gasteiger partial charge in [0, 0.05) is 6.42 Å². The summed E-state index contributed by atoms with van der Waals surface area (Å²) in [5.74, 6) is 0.625. The molecule has 0 saturated heterocycles. The van der Waals surface area contributed by atoms with E-state index in [4.69, 9.17) is 0 Å². The molecule has 0 heterocycles. The Morgan fingerprint density at radius 2 is 1.85 bits per heavy atom. The number of rotatable bonds is 1. The maximum absolute atomic E-state index is 2.30. The minimum absolute atomic E-state index is 0.625. The molecule has 0 amide bonds. The van der Waals surface area contributed by atoms with Crippen molar-refractivity contribution >= 4 is 6.08 Å². The largest absolute Gasteiger partial charge is 0.0643 e. The van der Waals surface area contributed by atoms with Crippen molar-refractivity contribution in [3.63, 3.8) is 0 Å². The summed E-state index contributed by atoms with van der Waals surface area (Å²) in [7, 11) is 0. The molecule has 1 aliphatic carbocycles. The predicted octanol–water partition coefficient (Wildman–Crippen LogP) is 3.78. The third-order valence-corrected chi connectivity index (χ3v) is 2.54. The molecule has 0 N–H and O–H groups in total. The van der Waals surface area contributed by atoms with Crippen LogP contribution in [0.4, 0.5) is 0 Å². The number of hydrogen-bond donors (Lipinski definition) is 0. The molecule has 1 aliphatic rings. The van der Waals surface area contributed by atoms with E-state index in [9.17, 15) is 0 Å². The van der Waals surface area contributed by atoms with E-state index in [0.717, 1.165) is 0 Å². The number of fused-ring (bicyclic) bond motifs is 1. The summed E-state index contributed by atoms with van der Waals surface area (Å²) in [5, 5.41) is 0. The molecular formula is C13H15. The lowest BCUT2D eigenvalue weighted by Gasteiger charge is -2.06. The van der Waals surface area contributed by atoms with E-state index >= 15 is 0 Å². The summed E-state index contributed by atoms with van der Waals surface area (Å²) < 4.78 is 0. The van der Waals surface area contributed by atoms with Gasteiger partial charge in [0.25, 0.3) is 0 Å². The first kappa shape index (κ1) is 8.55. The molecule has 0 fully saturated rings. The molecular weight excluding hydrogens is 156 g/mol. The van der Waals surface area contributed by atoms with Crippen molar-refractivity contribution in [2.45, 2.75) is 26.7 Å². The van der Waals surface area contributed by atoms with Gasteiger partial charge in [-0.3, -0.25) is 0 Å². The van der Waals surface area contributed by atoms with Gasteiger partial charge in [-0.15, -0.1) is 0 Å². The Bertz CT molecular complexity index is 356. The molecule has 0 bridgehead atoms. The Morgan fingerprint density at radius 1 is 1.08 bits per heavy atom. The molecule has 1 aromatic rings. The first-order valence-corrected chi connectivity index (χ1v) is 4.84. The van der Waals surface area contributed by atoms with Gasteiger partial charge < -0.3 is 0 Å². The quantitative estimate of drug-likeness (QED) is 0.603. The Balaban J connectivity index is 2.43. The van der Waals surface area contributed by atoms with Crippen LogP contribution in [0.5, 0.6) is 0 Å². The molecule has 1 aromatic carbocycles. The van der Waals surface area contributed by atoms with Gasteiger partial charge in [-0.1, -0.05) is 43.7 Å². The van der Waals surface area contributed by atoms with Gasteiger partial charge in [0.1, 0.15) is 0 Å². The second-order valence-electron chi connectivity index (χ2n) is 4.08. The summed E-state index contributed by atoms with van der Waals surface area (Å²) in [6.45, 7) is 6.61.